The van der Waals surface area contributed by atoms with Crippen LogP contribution in [-0.2, 0) is 11.3 Å². The Morgan fingerprint density at radius 3 is 2.68 bits per heavy atom. The summed E-state index contributed by atoms with van der Waals surface area (Å²) in [4.78, 5) is 18.7. The van der Waals surface area contributed by atoms with E-state index >= 15 is 0 Å². The fraction of sp³-hybridized carbons (Fsp3) is 0.471. The number of nitrogens with zero attached hydrogens (tertiary/aromatic N) is 3. The zero-order valence-corrected chi connectivity index (χ0v) is 12.8. The highest BCUT2D eigenvalue weighted by atomic mass is 16.5. The van der Waals surface area contributed by atoms with Crippen LogP contribution in [0.4, 0.5) is 0 Å². The first-order chi connectivity index (χ1) is 10.8. The van der Waals surface area contributed by atoms with Crippen LogP contribution in [0.2, 0.25) is 0 Å². The normalized spacial score (nSPS) is 16.6. The Balaban J connectivity index is 1.80. The molecular weight excluding hydrogens is 278 g/mol. The zero-order valence-electron chi connectivity index (χ0n) is 12.8. The summed E-state index contributed by atoms with van der Waals surface area (Å²) in [5, 5.41) is 3.79. The average Bonchev–Trinajstić information content (AvgIpc) is 3.22. The summed E-state index contributed by atoms with van der Waals surface area (Å²) in [6, 6.07) is 10.1. The largest absolute Gasteiger partial charge is 0.343 e. The summed E-state index contributed by atoms with van der Waals surface area (Å²) in [5.74, 6) is 1.04. The van der Waals surface area contributed by atoms with Crippen molar-refractivity contribution in [1.82, 2.24) is 15.0 Å². The Morgan fingerprint density at radius 1 is 1.32 bits per heavy atom. The molecule has 1 aromatic carbocycles. The molecule has 1 aliphatic rings. The Bertz CT molecular complexity index is 592. The molecule has 0 N–H and O–H groups in total. The van der Waals surface area contributed by atoms with E-state index in [0.717, 1.165) is 18.4 Å². The van der Waals surface area contributed by atoms with E-state index in [1.807, 2.05) is 25.2 Å². The molecule has 116 valence electrons. The van der Waals surface area contributed by atoms with E-state index in [4.69, 9.17) is 4.52 Å². The number of amides is 1. The molecular formula is C17H21N3O2. The van der Waals surface area contributed by atoms with Crippen LogP contribution in [-0.4, -0.2) is 28.0 Å². The first-order valence-electron chi connectivity index (χ1n) is 7.81. The molecule has 0 spiro atoms. The molecule has 1 heterocycles. The molecule has 0 bridgehead atoms. The van der Waals surface area contributed by atoms with E-state index in [1.165, 1.54) is 19.2 Å². The number of aromatic nitrogens is 2. The van der Waals surface area contributed by atoms with Crippen molar-refractivity contribution < 1.29 is 9.32 Å². The molecule has 0 radical (unpaired) electrons. The van der Waals surface area contributed by atoms with Gasteiger partial charge in [-0.1, -0.05) is 48.3 Å². The molecule has 0 aliphatic heterocycles. The topological polar surface area (TPSA) is 59.2 Å². The second kappa shape index (κ2) is 6.73. The summed E-state index contributed by atoms with van der Waals surface area (Å²) in [6.07, 6.45) is 5.98. The van der Waals surface area contributed by atoms with E-state index in [-0.39, 0.29) is 11.8 Å². The highest BCUT2D eigenvalue weighted by molar-refractivity contribution is 5.83. The van der Waals surface area contributed by atoms with Crippen molar-refractivity contribution in [3.8, 4) is 0 Å². The lowest BCUT2D eigenvalue weighted by atomic mass is 9.84. The van der Waals surface area contributed by atoms with Crippen molar-refractivity contribution in [3.05, 3.63) is 48.1 Å². The van der Waals surface area contributed by atoms with Gasteiger partial charge in [0.15, 0.2) is 5.82 Å². The molecule has 1 fully saturated rings. The molecule has 2 aromatic rings. The molecule has 0 unspecified atom stereocenters. The highest BCUT2D eigenvalue weighted by Gasteiger charge is 2.33. The van der Waals surface area contributed by atoms with Crippen LogP contribution >= 0.6 is 0 Å². The predicted molar refractivity (Wildman–Crippen MR) is 81.9 cm³/mol. The van der Waals surface area contributed by atoms with Gasteiger partial charge in [-0.3, -0.25) is 4.79 Å². The maximum Gasteiger partial charge on any atom is 0.230 e. The number of carbonyl (C=O) groups excluding carboxylic acids is 1. The van der Waals surface area contributed by atoms with Crippen LogP contribution < -0.4 is 0 Å². The summed E-state index contributed by atoms with van der Waals surface area (Å²) in [7, 11) is 1.81. The third-order valence-electron chi connectivity index (χ3n) is 4.46. The Morgan fingerprint density at radius 2 is 2.05 bits per heavy atom. The van der Waals surface area contributed by atoms with Crippen molar-refractivity contribution in [3.63, 3.8) is 0 Å². The second-order valence-electron chi connectivity index (χ2n) is 5.97. The lowest BCUT2D eigenvalue weighted by Crippen LogP contribution is -2.34. The predicted octanol–water partition coefficient (Wildman–Crippen LogP) is 3.00. The summed E-state index contributed by atoms with van der Waals surface area (Å²) in [6.45, 7) is 0.380. The Hall–Kier alpha value is -2.17. The van der Waals surface area contributed by atoms with Gasteiger partial charge in [-0.05, 0) is 24.3 Å². The summed E-state index contributed by atoms with van der Waals surface area (Å²) >= 11 is 0. The van der Waals surface area contributed by atoms with Crippen LogP contribution in [0.25, 0.3) is 0 Å². The molecule has 0 saturated heterocycles. The van der Waals surface area contributed by atoms with E-state index in [1.54, 1.807) is 4.90 Å². The molecule has 1 aromatic heterocycles. The fourth-order valence-electron chi connectivity index (χ4n) is 3.36. The molecule has 1 saturated carbocycles. The van der Waals surface area contributed by atoms with Crippen LogP contribution in [0.15, 0.2) is 41.2 Å². The van der Waals surface area contributed by atoms with E-state index in [2.05, 4.69) is 22.3 Å². The van der Waals surface area contributed by atoms with Crippen LogP contribution in [0.3, 0.4) is 0 Å². The van der Waals surface area contributed by atoms with Gasteiger partial charge in [0.2, 0.25) is 12.3 Å². The first-order valence-corrected chi connectivity index (χ1v) is 7.81. The average molecular weight is 299 g/mol. The molecule has 5 nitrogen and oxygen atoms in total. The summed E-state index contributed by atoms with van der Waals surface area (Å²) in [5.41, 5.74) is 1.11. The second-order valence-corrected chi connectivity index (χ2v) is 5.97. The number of likely N-dealkylation sites (N-methyl/N-ethyl adjacent to an activating group) is 1. The van der Waals surface area contributed by atoms with E-state index in [9.17, 15) is 4.79 Å². The van der Waals surface area contributed by atoms with Gasteiger partial charge in [0, 0.05) is 7.05 Å². The maximum atomic E-state index is 13.0. The lowest BCUT2D eigenvalue weighted by molar-refractivity contribution is -0.133. The number of benzene rings is 1. The third kappa shape index (κ3) is 3.18. The van der Waals surface area contributed by atoms with Crippen LogP contribution in [0, 0.1) is 5.92 Å². The van der Waals surface area contributed by atoms with Crippen molar-refractivity contribution in [2.75, 3.05) is 7.05 Å². The molecule has 1 aliphatic carbocycles. The van der Waals surface area contributed by atoms with Gasteiger partial charge in [-0.15, -0.1) is 0 Å². The van der Waals surface area contributed by atoms with Gasteiger partial charge < -0.3 is 9.42 Å². The van der Waals surface area contributed by atoms with Gasteiger partial charge >= 0.3 is 0 Å². The minimum Gasteiger partial charge on any atom is -0.343 e. The smallest absolute Gasteiger partial charge is 0.230 e. The van der Waals surface area contributed by atoms with Crippen molar-refractivity contribution in [2.45, 2.75) is 38.1 Å². The molecule has 22 heavy (non-hydrogen) atoms. The minimum atomic E-state index is -0.0689. The zero-order chi connectivity index (χ0) is 15.4. The maximum absolute atomic E-state index is 13.0. The van der Waals surface area contributed by atoms with E-state index in [0.29, 0.717) is 18.3 Å². The van der Waals surface area contributed by atoms with Crippen LogP contribution in [0.5, 0.6) is 0 Å². The van der Waals surface area contributed by atoms with Gasteiger partial charge in [-0.2, -0.15) is 4.98 Å². The van der Waals surface area contributed by atoms with Crippen molar-refractivity contribution in [2.24, 2.45) is 5.92 Å². The Labute approximate surface area is 130 Å². The van der Waals surface area contributed by atoms with E-state index < -0.39 is 0 Å². The van der Waals surface area contributed by atoms with Gasteiger partial charge in [-0.25, -0.2) is 0 Å². The SMILES string of the molecule is CN(Cc1ncon1)C(=O)[C@@H](c1ccccc1)C1CCCC1. The molecule has 3 rings (SSSR count). The first kappa shape index (κ1) is 14.8. The van der Waals surface area contributed by atoms with Crippen LogP contribution in [0.1, 0.15) is 43.0 Å². The van der Waals surface area contributed by atoms with Gasteiger partial charge in [0.1, 0.15) is 0 Å². The lowest BCUT2D eigenvalue weighted by Gasteiger charge is -2.27. The highest BCUT2D eigenvalue weighted by Crippen LogP contribution is 2.38. The molecule has 1 atom stereocenters. The molecule has 5 heteroatoms. The van der Waals surface area contributed by atoms with Gasteiger partial charge in [0.05, 0.1) is 12.5 Å². The number of hydrogen-bond donors (Lipinski definition) is 0. The van der Waals surface area contributed by atoms with Gasteiger partial charge in [0.25, 0.3) is 0 Å². The molecule has 1 amide bonds. The summed E-state index contributed by atoms with van der Waals surface area (Å²) < 4.78 is 4.74. The fourth-order valence-corrected chi connectivity index (χ4v) is 3.36. The third-order valence-corrected chi connectivity index (χ3v) is 4.46. The number of carbonyl (C=O) groups is 1. The monoisotopic (exact) mass is 299 g/mol. The van der Waals surface area contributed by atoms with Crippen molar-refractivity contribution in [1.29, 1.82) is 0 Å². The minimum absolute atomic E-state index is 0.0689. The van der Waals surface area contributed by atoms with Crippen molar-refractivity contribution >= 4 is 5.91 Å². The Kier molecular flexibility index (Phi) is 4.51. The number of hydrogen-bond acceptors (Lipinski definition) is 4. The standard InChI is InChI=1S/C17H21N3O2/c1-20(11-15-18-12-22-19-15)17(21)16(14-9-5-6-10-14)13-7-3-2-4-8-13/h2-4,7-8,12,14,16H,5-6,9-11H2,1H3/t16-/m0/s1. The quantitative estimate of drug-likeness (QED) is 0.851. The number of rotatable bonds is 5.